The van der Waals surface area contributed by atoms with Gasteiger partial charge in [0.2, 0.25) is 4.80 Å². The van der Waals surface area contributed by atoms with Crippen LogP contribution in [0, 0.1) is 17.6 Å². The van der Waals surface area contributed by atoms with Crippen molar-refractivity contribution in [1.29, 1.82) is 0 Å². The number of benzene rings is 2. The van der Waals surface area contributed by atoms with Gasteiger partial charge >= 0.3 is 0 Å². The Labute approximate surface area is 189 Å². The van der Waals surface area contributed by atoms with Crippen LogP contribution in [-0.2, 0) is 0 Å². The van der Waals surface area contributed by atoms with Crippen LogP contribution in [0.4, 0.5) is 14.5 Å². The van der Waals surface area contributed by atoms with Crippen LogP contribution in [0.2, 0.25) is 0 Å². The Morgan fingerprint density at radius 2 is 1.84 bits per heavy atom. The lowest BCUT2D eigenvalue weighted by Crippen LogP contribution is -2.14. The molecule has 0 saturated heterocycles. The molecule has 168 valence electrons. The number of thiazole rings is 1. The third kappa shape index (κ3) is 4.91. The third-order valence-corrected chi connectivity index (χ3v) is 6.35. The Morgan fingerprint density at radius 3 is 2.56 bits per heavy atom. The minimum Gasteiger partial charge on any atom is -0.497 e. The van der Waals surface area contributed by atoms with E-state index in [2.05, 4.69) is 4.99 Å². The first-order valence-electron chi connectivity index (χ1n) is 10.6. The second-order valence-electron chi connectivity index (χ2n) is 7.65. The van der Waals surface area contributed by atoms with E-state index in [4.69, 9.17) is 14.6 Å². The largest absolute Gasteiger partial charge is 0.497 e. The quantitative estimate of drug-likeness (QED) is 0.416. The second kappa shape index (κ2) is 10.1. The highest BCUT2D eigenvalue weighted by Gasteiger charge is 2.16. The van der Waals surface area contributed by atoms with E-state index in [0.29, 0.717) is 22.2 Å². The maximum Gasteiger partial charge on any atom is 0.211 e. The van der Waals surface area contributed by atoms with Gasteiger partial charge in [0.25, 0.3) is 0 Å². The summed E-state index contributed by atoms with van der Waals surface area (Å²) in [4.78, 5) is 4.92. The molecule has 0 N–H and O–H groups in total. The van der Waals surface area contributed by atoms with Crippen molar-refractivity contribution in [2.75, 3.05) is 14.2 Å². The monoisotopic (exact) mass is 457 g/mol. The number of hydrogen-bond donors (Lipinski definition) is 0. The number of methoxy groups -OCH3 is 2. The van der Waals surface area contributed by atoms with Crippen LogP contribution < -0.4 is 14.3 Å². The molecule has 0 amide bonds. The molecule has 4 rings (SSSR count). The van der Waals surface area contributed by atoms with Crippen LogP contribution >= 0.6 is 11.3 Å². The first kappa shape index (κ1) is 22.2. The van der Waals surface area contributed by atoms with Crippen molar-refractivity contribution in [3.8, 4) is 22.8 Å². The smallest absolute Gasteiger partial charge is 0.211 e. The molecular formula is C24H25F2N3O2S. The Kier molecular flexibility index (Phi) is 6.99. The molecule has 0 atom stereocenters. The summed E-state index contributed by atoms with van der Waals surface area (Å²) in [7, 11) is 3.21. The molecule has 1 fully saturated rings. The van der Waals surface area contributed by atoms with Crippen molar-refractivity contribution in [2.24, 2.45) is 16.0 Å². The molecule has 1 aromatic heterocycles. The van der Waals surface area contributed by atoms with E-state index < -0.39 is 11.6 Å². The average molecular weight is 458 g/mol. The highest BCUT2D eigenvalue weighted by Crippen LogP contribution is 2.34. The van der Waals surface area contributed by atoms with Crippen molar-refractivity contribution >= 4 is 23.2 Å². The average Bonchev–Trinajstić information content (AvgIpc) is 3.22. The molecule has 2 aromatic carbocycles. The van der Waals surface area contributed by atoms with Gasteiger partial charge in [-0.3, -0.25) is 0 Å². The summed E-state index contributed by atoms with van der Waals surface area (Å²) in [5.41, 5.74) is 1.59. The Hall–Kier alpha value is -3.00. The first-order chi connectivity index (χ1) is 15.6. The number of halogens is 2. The zero-order chi connectivity index (χ0) is 22.5. The number of hydrogen-bond acceptors (Lipinski definition) is 5. The van der Waals surface area contributed by atoms with Gasteiger partial charge in [0, 0.05) is 23.2 Å². The van der Waals surface area contributed by atoms with E-state index >= 15 is 0 Å². The standard InChI is InChI=1S/C24H25F2N3O2S/c1-30-18-9-11-23(31-2)19(13-18)22-15-32-24(28-21-10-8-17(25)12-20(21)26)29(22)27-14-16-6-4-3-5-7-16/h8-16H,3-7H2,1-2H3. The topological polar surface area (TPSA) is 48.1 Å². The molecule has 1 saturated carbocycles. The third-order valence-electron chi connectivity index (χ3n) is 5.54. The van der Waals surface area contributed by atoms with E-state index in [1.54, 1.807) is 18.9 Å². The molecular weight excluding hydrogens is 432 g/mol. The second-order valence-corrected chi connectivity index (χ2v) is 8.49. The summed E-state index contributed by atoms with van der Waals surface area (Å²) >= 11 is 1.32. The van der Waals surface area contributed by atoms with Crippen LogP contribution in [0.5, 0.6) is 11.5 Å². The van der Waals surface area contributed by atoms with Crippen molar-refractivity contribution < 1.29 is 18.3 Å². The van der Waals surface area contributed by atoms with Crippen LogP contribution in [0.3, 0.4) is 0 Å². The van der Waals surface area contributed by atoms with E-state index in [1.165, 1.54) is 42.7 Å². The molecule has 32 heavy (non-hydrogen) atoms. The van der Waals surface area contributed by atoms with Crippen LogP contribution in [-0.4, -0.2) is 25.1 Å². The molecule has 3 aromatic rings. The van der Waals surface area contributed by atoms with E-state index in [-0.39, 0.29) is 5.69 Å². The summed E-state index contributed by atoms with van der Waals surface area (Å²) in [6, 6.07) is 8.87. The fourth-order valence-corrected chi connectivity index (χ4v) is 4.65. The van der Waals surface area contributed by atoms with E-state index in [0.717, 1.165) is 30.2 Å². The summed E-state index contributed by atoms with van der Waals surface area (Å²) in [5, 5.41) is 6.65. The van der Waals surface area contributed by atoms with Crippen LogP contribution in [0.1, 0.15) is 32.1 Å². The van der Waals surface area contributed by atoms with Gasteiger partial charge in [-0.15, -0.1) is 11.3 Å². The molecule has 0 unspecified atom stereocenters. The minimum absolute atomic E-state index is 0.0547. The molecule has 0 spiro atoms. The Bertz CT molecular complexity index is 1180. The first-order valence-corrected chi connectivity index (χ1v) is 11.4. The van der Waals surface area contributed by atoms with Gasteiger partial charge in [-0.2, -0.15) is 5.10 Å². The molecule has 8 heteroatoms. The number of rotatable bonds is 6. The summed E-state index contributed by atoms with van der Waals surface area (Å²) in [6.07, 6.45) is 7.81. The molecule has 5 nitrogen and oxygen atoms in total. The Balaban J connectivity index is 1.86. The van der Waals surface area contributed by atoms with Crippen LogP contribution in [0.15, 0.2) is 51.9 Å². The number of nitrogens with zero attached hydrogens (tertiary/aromatic N) is 3. The zero-order valence-electron chi connectivity index (χ0n) is 18.1. The molecule has 0 radical (unpaired) electrons. The predicted molar refractivity (Wildman–Crippen MR) is 123 cm³/mol. The van der Waals surface area contributed by atoms with Gasteiger partial charge in [-0.05, 0) is 49.1 Å². The van der Waals surface area contributed by atoms with Crippen molar-refractivity contribution in [2.45, 2.75) is 32.1 Å². The van der Waals surface area contributed by atoms with Gasteiger partial charge in [-0.25, -0.2) is 18.4 Å². The van der Waals surface area contributed by atoms with Crippen molar-refractivity contribution in [1.82, 2.24) is 4.68 Å². The predicted octanol–water partition coefficient (Wildman–Crippen LogP) is 6.16. The maximum atomic E-state index is 14.3. The fraction of sp³-hybridized carbons (Fsp3) is 0.333. The highest BCUT2D eigenvalue weighted by molar-refractivity contribution is 7.07. The SMILES string of the molecule is COc1ccc(OC)c(-c2csc(=Nc3ccc(F)cc3F)n2N=CC2CCCCC2)c1. The number of ether oxygens (including phenoxy) is 2. The molecule has 1 aliphatic carbocycles. The van der Waals surface area contributed by atoms with Crippen LogP contribution in [0.25, 0.3) is 11.3 Å². The molecule has 1 heterocycles. The lowest BCUT2D eigenvalue weighted by atomic mass is 9.90. The van der Waals surface area contributed by atoms with Gasteiger partial charge in [0.15, 0.2) is 5.82 Å². The lowest BCUT2D eigenvalue weighted by Gasteiger charge is -2.17. The van der Waals surface area contributed by atoms with Gasteiger partial charge in [0.1, 0.15) is 23.0 Å². The lowest BCUT2D eigenvalue weighted by molar-refractivity contribution is 0.404. The summed E-state index contributed by atoms with van der Waals surface area (Å²) in [6.45, 7) is 0. The fourth-order valence-electron chi connectivity index (χ4n) is 3.81. The van der Waals surface area contributed by atoms with E-state index in [9.17, 15) is 8.78 Å². The molecule has 0 aliphatic heterocycles. The van der Waals surface area contributed by atoms with Gasteiger partial charge in [-0.1, -0.05) is 19.3 Å². The normalized spacial score (nSPS) is 15.4. The number of aromatic nitrogens is 1. The van der Waals surface area contributed by atoms with E-state index in [1.807, 2.05) is 29.8 Å². The Morgan fingerprint density at radius 1 is 1.03 bits per heavy atom. The molecule has 1 aliphatic rings. The summed E-state index contributed by atoms with van der Waals surface area (Å²) in [5.74, 6) is 0.369. The van der Waals surface area contributed by atoms with Crippen molar-refractivity contribution in [3.05, 3.63) is 58.2 Å². The zero-order valence-corrected chi connectivity index (χ0v) is 18.9. The van der Waals surface area contributed by atoms with Gasteiger partial charge in [0.05, 0.1) is 19.9 Å². The minimum atomic E-state index is -0.721. The van der Waals surface area contributed by atoms with Crippen molar-refractivity contribution in [3.63, 3.8) is 0 Å². The highest BCUT2D eigenvalue weighted by atomic mass is 32.1. The molecule has 0 bridgehead atoms. The summed E-state index contributed by atoms with van der Waals surface area (Å²) < 4.78 is 40.3. The van der Waals surface area contributed by atoms with Gasteiger partial charge < -0.3 is 9.47 Å². The maximum absolute atomic E-state index is 14.3.